The Hall–Kier alpha value is -1.79. The molecule has 1 aromatic heterocycles. The number of hydrogen-bond acceptors (Lipinski definition) is 4. The van der Waals surface area contributed by atoms with Crippen molar-refractivity contribution in [3.05, 3.63) is 47.7 Å². The lowest BCUT2D eigenvalue weighted by molar-refractivity contribution is 0.414. The van der Waals surface area contributed by atoms with Crippen LogP contribution in [0.5, 0.6) is 5.75 Å². The van der Waals surface area contributed by atoms with Crippen LogP contribution in [0.3, 0.4) is 0 Å². The molecule has 0 amide bonds. The number of rotatable bonds is 4. The maximum absolute atomic E-state index is 12.1. The number of benzene rings is 1. The summed E-state index contributed by atoms with van der Waals surface area (Å²) in [5, 5.41) is 0.233. The number of halogens is 1. The third-order valence-electron chi connectivity index (χ3n) is 2.35. The summed E-state index contributed by atoms with van der Waals surface area (Å²) in [6, 6.07) is 7.50. The Labute approximate surface area is 116 Å². The van der Waals surface area contributed by atoms with E-state index in [1.807, 2.05) is 0 Å². The van der Waals surface area contributed by atoms with Crippen LogP contribution in [0.2, 0.25) is 5.02 Å². The molecule has 0 aliphatic heterocycles. The Balaban J connectivity index is 2.32. The van der Waals surface area contributed by atoms with Gasteiger partial charge in [-0.1, -0.05) is 11.6 Å². The first-order chi connectivity index (χ1) is 9.03. The van der Waals surface area contributed by atoms with Crippen molar-refractivity contribution in [1.82, 2.24) is 4.98 Å². The van der Waals surface area contributed by atoms with Crippen LogP contribution in [0.25, 0.3) is 0 Å². The molecule has 100 valence electrons. The average molecular weight is 299 g/mol. The summed E-state index contributed by atoms with van der Waals surface area (Å²) in [4.78, 5) is 3.89. The number of pyridine rings is 1. The Morgan fingerprint density at radius 1 is 1.32 bits per heavy atom. The van der Waals surface area contributed by atoms with Crippen LogP contribution in [-0.4, -0.2) is 20.5 Å². The molecule has 0 unspecified atom stereocenters. The number of hydrogen-bond donors (Lipinski definition) is 1. The van der Waals surface area contributed by atoms with Gasteiger partial charge < -0.3 is 4.74 Å². The summed E-state index contributed by atoms with van der Waals surface area (Å²) in [6.45, 7) is 0. The smallest absolute Gasteiger partial charge is 0.261 e. The lowest BCUT2D eigenvalue weighted by Crippen LogP contribution is -2.13. The molecule has 0 aliphatic rings. The molecule has 2 aromatic rings. The van der Waals surface area contributed by atoms with Gasteiger partial charge in [0.2, 0.25) is 0 Å². The molecular formula is C12H11ClN2O3S. The van der Waals surface area contributed by atoms with E-state index in [0.29, 0.717) is 11.4 Å². The molecule has 1 heterocycles. The van der Waals surface area contributed by atoms with Crippen LogP contribution in [0, 0.1) is 0 Å². The third-order valence-corrected chi connectivity index (χ3v) is 4.02. The van der Waals surface area contributed by atoms with E-state index in [0.717, 1.165) is 0 Å². The van der Waals surface area contributed by atoms with Crippen molar-refractivity contribution in [1.29, 1.82) is 0 Å². The van der Waals surface area contributed by atoms with E-state index < -0.39 is 10.0 Å². The first-order valence-electron chi connectivity index (χ1n) is 5.29. The van der Waals surface area contributed by atoms with Crippen LogP contribution in [-0.2, 0) is 10.0 Å². The summed E-state index contributed by atoms with van der Waals surface area (Å²) in [7, 11) is -2.23. The molecular weight excluding hydrogens is 288 g/mol. The number of methoxy groups -OCH3 is 1. The van der Waals surface area contributed by atoms with E-state index in [4.69, 9.17) is 16.3 Å². The van der Waals surface area contributed by atoms with E-state index in [9.17, 15) is 8.42 Å². The SMILES string of the molecule is COc1ccc(S(=O)(=O)Nc2cccnc2)cc1Cl. The van der Waals surface area contributed by atoms with Crippen LogP contribution < -0.4 is 9.46 Å². The Kier molecular flexibility index (Phi) is 3.92. The van der Waals surface area contributed by atoms with Gasteiger partial charge in [-0.3, -0.25) is 9.71 Å². The van der Waals surface area contributed by atoms with Crippen molar-refractivity contribution >= 4 is 27.3 Å². The highest BCUT2D eigenvalue weighted by Gasteiger charge is 2.16. The third kappa shape index (κ3) is 3.15. The van der Waals surface area contributed by atoms with Crippen molar-refractivity contribution in [3.8, 4) is 5.75 Å². The number of ether oxygens (including phenoxy) is 1. The zero-order chi connectivity index (χ0) is 13.9. The standard InChI is InChI=1S/C12H11ClN2O3S/c1-18-12-5-4-10(7-11(12)13)19(16,17)15-9-3-2-6-14-8-9/h2-8,15H,1H3. The number of nitrogens with one attached hydrogen (secondary N) is 1. The minimum Gasteiger partial charge on any atom is -0.495 e. The van der Waals surface area contributed by atoms with Crippen LogP contribution >= 0.6 is 11.6 Å². The number of aromatic nitrogens is 1. The second-order valence-electron chi connectivity index (χ2n) is 3.64. The molecule has 0 saturated carbocycles. The van der Waals surface area contributed by atoms with Gasteiger partial charge in [0.15, 0.2) is 0 Å². The molecule has 0 bridgehead atoms. The predicted molar refractivity (Wildman–Crippen MR) is 73.0 cm³/mol. The number of sulfonamides is 1. The molecule has 2 rings (SSSR count). The first kappa shape index (κ1) is 13.6. The zero-order valence-electron chi connectivity index (χ0n) is 10.00. The minimum absolute atomic E-state index is 0.0575. The second-order valence-corrected chi connectivity index (χ2v) is 5.73. The number of nitrogens with zero attached hydrogens (tertiary/aromatic N) is 1. The molecule has 19 heavy (non-hydrogen) atoms. The van der Waals surface area contributed by atoms with Crippen molar-refractivity contribution < 1.29 is 13.2 Å². The van der Waals surface area contributed by atoms with Crippen LogP contribution in [0.4, 0.5) is 5.69 Å². The molecule has 1 aromatic carbocycles. The van der Waals surface area contributed by atoms with Crippen molar-refractivity contribution in [2.24, 2.45) is 0 Å². The van der Waals surface area contributed by atoms with Gasteiger partial charge in [0.25, 0.3) is 10.0 Å². The van der Waals surface area contributed by atoms with Gasteiger partial charge in [0.1, 0.15) is 5.75 Å². The second kappa shape index (κ2) is 5.46. The highest BCUT2D eigenvalue weighted by atomic mass is 35.5. The Morgan fingerprint density at radius 2 is 2.11 bits per heavy atom. The van der Waals surface area contributed by atoms with E-state index in [1.54, 1.807) is 18.3 Å². The summed E-state index contributed by atoms with van der Waals surface area (Å²) in [5.74, 6) is 0.419. The summed E-state index contributed by atoms with van der Waals surface area (Å²) in [5.41, 5.74) is 0.384. The van der Waals surface area contributed by atoms with Gasteiger partial charge in [-0.25, -0.2) is 8.42 Å². The summed E-state index contributed by atoms with van der Waals surface area (Å²) in [6.07, 6.45) is 2.98. The fourth-order valence-electron chi connectivity index (χ4n) is 1.45. The molecule has 0 radical (unpaired) electrons. The van der Waals surface area contributed by atoms with Crippen molar-refractivity contribution in [3.63, 3.8) is 0 Å². The molecule has 0 atom stereocenters. The maximum atomic E-state index is 12.1. The highest BCUT2D eigenvalue weighted by molar-refractivity contribution is 7.92. The highest BCUT2D eigenvalue weighted by Crippen LogP contribution is 2.27. The van der Waals surface area contributed by atoms with Gasteiger partial charge in [-0.05, 0) is 30.3 Å². The van der Waals surface area contributed by atoms with E-state index in [-0.39, 0.29) is 9.92 Å². The summed E-state index contributed by atoms with van der Waals surface area (Å²) >= 11 is 5.91. The summed E-state index contributed by atoms with van der Waals surface area (Å²) < 4.78 is 31.6. The zero-order valence-corrected chi connectivity index (χ0v) is 11.6. The van der Waals surface area contributed by atoms with E-state index in [1.165, 1.54) is 31.5 Å². The van der Waals surface area contributed by atoms with Gasteiger partial charge in [0.05, 0.1) is 28.9 Å². The first-order valence-corrected chi connectivity index (χ1v) is 7.15. The average Bonchev–Trinajstić information content (AvgIpc) is 2.39. The Bertz CT molecular complexity index is 675. The van der Waals surface area contributed by atoms with Gasteiger partial charge in [-0.2, -0.15) is 0 Å². The fourth-order valence-corrected chi connectivity index (χ4v) is 2.84. The van der Waals surface area contributed by atoms with E-state index in [2.05, 4.69) is 9.71 Å². The van der Waals surface area contributed by atoms with Crippen molar-refractivity contribution in [2.45, 2.75) is 4.90 Å². The fraction of sp³-hybridized carbons (Fsp3) is 0.0833. The lowest BCUT2D eigenvalue weighted by Gasteiger charge is -2.09. The van der Waals surface area contributed by atoms with Crippen LogP contribution in [0.1, 0.15) is 0 Å². The Morgan fingerprint density at radius 3 is 2.68 bits per heavy atom. The largest absolute Gasteiger partial charge is 0.495 e. The monoisotopic (exact) mass is 298 g/mol. The van der Waals surface area contributed by atoms with Crippen LogP contribution in [0.15, 0.2) is 47.6 Å². The topological polar surface area (TPSA) is 68.3 Å². The molecule has 1 N–H and O–H groups in total. The van der Waals surface area contributed by atoms with Crippen molar-refractivity contribution in [2.75, 3.05) is 11.8 Å². The molecule has 0 aliphatic carbocycles. The molecule has 5 nitrogen and oxygen atoms in total. The van der Waals surface area contributed by atoms with Gasteiger partial charge in [0, 0.05) is 6.20 Å². The van der Waals surface area contributed by atoms with Gasteiger partial charge >= 0.3 is 0 Å². The van der Waals surface area contributed by atoms with Gasteiger partial charge in [-0.15, -0.1) is 0 Å². The molecule has 0 fully saturated rings. The normalized spacial score (nSPS) is 11.1. The van der Waals surface area contributed by atoms with E-state index >= 15 is 0 Å². The lowest BCUT2D eigenvalue weighted by atomic mass is 10.3. The molecule has 0 spiro atoms. The number of anilines is 1. The molecule has 7 heteroatoms. The predicted octanol–water partition coefficient (Wildman–Crippen LogP) is 2.54. The quantitative estimate of drug-likeness (QED) is 0.942. The molecule has 0 saturated heterocycles. The minimum atomic E-state index is -3.69. The maximum Gasteiger partial charge on any atom is 0.261 e.